The summed E-state index contributed by atoms with van der Waals surface area (Å²) in [6.45, 7) is 0. The SMILES string of the molecule is CS(=O)(=O)c1cc(C(=O)O)c(Cl)cc1F. The Hall–Kier alpha value is -1.14. The Morgan fingerprint density at radius 2 is 2.00 bits per heavy atom. The van der Waals surface area contributed by atoms with Gasteiger partial charge in [0.25, 0.3) is 0 Å². The number of benzene rings is 1. The van der Waals surface area contributed by atoms with Crippen molar-refractivity contribution in [3.05, 3.63) is 28.5 Å². The predicted octanol–water partition coefficient (Wildman–Crippen LogP) is 1.58. The first-order valence-electron chi connectivity index (χ1n) is 3.66. The van der Waals surface area contributed by atoms with Crippen LogP contribution in [0.1, 0.15) is 10.4 Å². The maximum absolute atomic E-state index is 13.1. The van der Waals surface area contributed by atoms with Crippen LogP contribution in [-0.4, -0.2) is 25.7 Å². The van der Waals surface area contributed by atoms with E-state index in [-0.39, 0.29) is 5.02 Å². The van der Waals surface area contributed by atoms with Crippen molar-refractivity contribution in [3.63, 3.8) is 0 Å². The van der Waals surface area contributed by atoms with Crippen LogP contribution in [0.4, 0.5) is 4.39 Å². The fourth-order valence-corrected chi connectivity index (χ4v) is 1.95. The molecule has 0 radical (unpaired) electrons. The molecule has 0 aliphatic rings. The first-order chi connectivity index (χ1) is 6.73. The molecule has 1 rings (SSSR count). The first kappa shape index (κ1) is 11.9. The standard InChI is InChI=1S/C8H6ClFO4S/c1-15(13,14)7-2-4(8(11)12)5(9)3-6(7)10/h2-3H,1H3,(H,11,12). The molecule has 0 unspecified atom stereocenters. The van der Waals surface area contributed by atoms with Gasteiger partial charge in [-0.1, -0.05) is 11.6 Å². The van der Waals surface area contributed by atoms with Crippen LogP contribution in [0.5, 0.6) is 0 Å². The van der Waals surface area contributed by atoms with Gasteiger partial charge in [-0.3, -0.25) is 0 Å². The molecule has 7 heteroatoms. The minimum absolute atomic E-state index is 0.340. The Labute approximate surface area is 90.2 Å². The molecule has 0 spiro atoms. The third kappa shape index (κ3) is 2.45. The number of hydrogen-bond acceptors (Lipinski definition) is 3. The third-order valence-electron chi connectivity index (χ3n) is 1.65. The summed E-state index contributed by atoms with van der Waals surface area (Å²) in [7, 11) is -3.80. The zero-order chi connectivity index (χ0) is 11.8. The van der Waals surface area contributed by atoms with Crippen LogP contribution < -0.4 is 0 Å². The van der Waals surface area contributed by atoms with E-state index < -0.39 is 32.1 Å². The fraction of sp³-hybridized carbons (Fsp3) is 0.125. The fourth-order valence-electron chi connectivity index (χ4n) is 0.977. The van der Waals surface area contributed by atoms with Crippen LogP contribution in [0.3, 0.4) is 0 Å². The molecule has 0 heterocycles. The maximum atomic E-state index is 13.1. The van der Waals surface area contributed by atoms with Gasteiger partial charge in [0.1, 0.15) is 10.7 Å². The molecule has 0 atom stereocenters. The summed E-state index contributed by atoms with van der Waals surface area (Å²) in [6.07, 6.45) is 0.783. The van der Waals surface area contributed by atoms with Crippen LogP contribution in [-0.2, 0) is 9.84 Å². The van der Waals surface area contributed by atoms with Gasteiger partial charge in [-0.15, -0.1) is 0 Å². The third-order valence-corrected chi connectivity index (χ3v) is 3.08. The summed E-state index contributed by atoms with van der Waals surface area (Å²) >= 11 is 5.43. The number of carbonyl (C=O) groups is 1. The molecular weight excluding hydrogens is 247 g/mol. The summed E-state index contributed by atoms with van der Waals surface area (Å²) < 4.78 is 35.3. The smallest absolute Gasteiger partial charge is 0.337 e. The second-order valence-electron chi connectivity index (χ2n) is 2.84. The van der Waals surface area contributed by atoms with Crippen molar-refractivity contribution < 1.29 is 22.7 Å². The van der Waals surface area contributed by atoms with Gasteiger partial charge in [-0.2, -0.15) is 0 Å². The summed E-state index contributed by atoms with van der Waals surface area (Å²) in [5.74, 6) is -2.47. The zero-order valence-corrected chi connectivity index (χ0v) is 9.06. The number of halogens is 2. The van der Waals surface area contributed by atoms with Gasteiger partial charge in [0, 0.05) is 6.26 Å². The molecular formula is C8H6ClFO4S. The molecule has 82 valence electrons. The summed E-state index contributed by atoms with van der Waals surface area (Å²) in [5, 5.41) is 8.30. The Kier molecular flexibility index (Phi) is 3.01. The quantitative estimate of drug-likeness (QED) is 0.867. The van der Waals surface area contributed by atoms with Crippen molar-refractivity contribution >= 4 is 27.4 Å². The van der Waals surface area contributed by atoms with E-state index in [0.717, 1.165) is 6.26 Å². The lowest BCUT2D eigenvalue weighted by molar-refractivity contribution is 0.0696. The number of carboxylic acids is 1. The minimum atomic E-state index is -3.80. The number of sulfone groups is 1. The van der Waals surface area contributed by atoms with E-state index in [9.17, 15) is 17.6 Å². The number of rotatable bonds is 2. The normalized spacial score (nSPS) is 11.4. The van der Waals surface area contributed by atoms with Gasteiger partial charge < -0.3 is 5.11 Å². The molecule has 1 aromatic rings. The van der Waals surface area contributed by atoms with Crippen molar-refractivity contribution in [2.75, 3.05) is 6.26 Å². The van der Waals surface area contributed by atoms with Gasteiger partial charge in [-0.25, -0.2) is 17.6 Å². The lowest BCUT2D eigenvalue weighted by atomic mass is 10.2. The number of hydrogen-bond donors (Lipinski definition) is 1. The van der Waals surface area contributed by atoms with E-state index in [1.165, 1.54) is 0 Å². The van der Waals surface area contributed by atoms with Crippen molar-refractivity contribution in [1.82, 2.24) is 0 Å². The first-order valence-corrected chi connectivity index (χ1v) is 5.93. The Morgan fingerprint density at radius 1 is 1.47 bits per heavy atom. The van der Waals surface area contributed by atoms with E-state index in [1.807, 2.05) is 0 Å². The summed E-state index contributed by atoms with van der Waals surface area (Å²) in [6, 6.07) is 1.37. The second-order valence-corrected chi connectivity index (χ2v) is 5.23. The van der Waals surface area contributed by atoms with E-state index in [2.05, 4.69) is 0 Å². The minimum Gasteiger partial charge on any atom is -0.478 e. The van der Waals surface area contributed by atoms with E-state index in [4.69, 9.17) is 16.7 Å². The topological polar surface area (TPSA) is 71.4 Å². The number of aromatic carboxylic acids is 1. The molecule has 15 heavy (non-hydrogen) atoms. The van der Waals surface area contributed by atoms with Crippen molar-refractivity contribution in [3.8, 4) is 0 Å². The molecule has 0 aliphatic carbocycles. The average Bonchev–Trinajstić information content (AvgIpc) is 2.00. The lowest BCUT2D eigenvalue weighted by Gasteiger charge is -2.04. The monoisotopic (exact) mass is 252 g/mol. The molecule has 0 bridgehead atoms. The Morgan fingerprint density at radius 3 is 2.40 bits per heavy atom. The highest BCUT2D eigenvalue weighted by atomic mass is 35.5. The van der Waals surface area contributed by atoms with Gasteiger partial charge in [-0.05, 0) is 12.1 Å². The van der Waals surface area contributed by atoms with Crippen LogP contribution in [0.15, 0.2) is 17.0 Å². The zero-order valence-electron chi connectivity index (χ0n) is 7.49. The molecule has 0 saturated carbocycles. The Balaban J connectivity index is 3.58. The van der Waals surface area contributed by atoms with Crippen LogP contribution in [0.25, 0.3) is 0 Å². The molecule has 4 nitrogen and oxygen atoms in total. The molecule has 0 aromatic heterocycles. The lowest BCUT2D eigenvalue weighted by Crippen LogP contribution is -2.05. The van der Waals surface area contributed by atoms with Gasteiger partial charge in [0.05, 0.1) is 10.6 Å². The molecule has 0 saturated heterocycles. The Bertz CT molecular complexity index is 524. The highest BCUT2D eigenvalue weighted by Gasteiger charge is 2.19. The van der Waals surface area contributed by atoms with Crippen LogP contribution >= 0.6 is 11.6 Å². The molecule has 1 N–H and O–H groups in total. The largest absolute Gasteiger partial charge is 0.478 e. The highest BCUT2D eigenvalue weighted by molar-refractivity contribution is 7.90. The molecule has 0 amide bonds. The highest BCUT2D eigenvalue weighted by Crippen LogP contribution is 2.23. The average molecular weight is 253 g/mol. The molecule has 0 aliphatic heterocycles. The predicted molar refractivity (Wildman–Crippen MR) is 51.5 cm³/mol. The molecule has 0 fully saturated rings. The van der Waals surface area contributed by atoms with E-state index >= 15 is 0 Å². The second kappa shape index (κ2) is 3.79. The number of carboxylic acid groups (broad SMARTS) is 1. The van der Waals surface area contributed by atoms with E-state index in [1.54, 1.807) is 0 Å². The maximum Gasteiger partial charge on any atom is 0.337 e. The molecule has 1 aromatic carbocycles. The van der Waals surface area contributed by atoms with Crippen molar-refractivity contribution in [1.29, 1.82) is 0 Å². The van der Waals surface area contributed by atoms with Crippen LogP contribution in [0, 0.1) is 5.82 Å². The summed E-state index contributed by atoms with van der Waals surface area (Å²) in [5.41, 5.74) is -0.446. The van der Waals surface area contributed by atoms with Crippen molar-refractivity contribution in [2.24, 2.45) is 0 Å². The van der Waals surface area contributed by atoms with Crippen molar-refractivity contribution in [2.45, 2.75) is 4.90 Å². The van der Waals surface area contributed by atoms with Gasteiger partial charge >= 0.3 is 5.97 Å². The summed E-state index contributed by atoms with van der Waals surface area (Å²) in [4.78, 5) is 9.93. The van der Waals surface area contributed by atoms with Crippen LogP contribution in [0.2, 0.25) is 5.02 Å². The van der Waals surface area contributed by atoms with E-state index in [0.29, 0.717) is 12.1 Å². The van der Waals surface area contributed by atoms with Gasteiger partial charge in [0.2, 0.25) is 0 Å². The van der Waals surface area contributed by atoms with Gasteiger partial charge in [0.15, 0.2) is 9.84 Å².